The van der Waals surface area contributed by atoms with Crippen molar-refractivity contribution in [1.82, 2.24) is 0 Å². The van der Waals surface area contributed by atoms with Gasteiger partial charge in [0.15, 0.2) is 0 Å². The summed E-state index contributed by atoms with van der Waals surface area (Å²) in [6.45, 7) is 2.32. The lowest BCUT2D eigenvalue weighted by Gasteiger charge is -2.24. The van der Waals surface area contributed by atoms with Crippen LogP contribution in [-0.4, -0.2) is 5.66 Å². The molecule has 0 aromatic heterocycles. The summed E-state index contributed by atoms with van der Waals surface area (Å²) in [6.07, 6.45) is 7.38. The average molecular weight is 181 g/mol. The van der Waals surface area contributed by atoms with Gasteiger partial charge in [0, 0.05) is 0 Å². The van der Waals surface area contributed by atoms with E-state index in [9.17, 15) is 0 Å². The summed E-state index contributed by atoms with van der Waals surface area (Å²) in [5, 5.41) is 0. The van der Waals surface area contributed by atoms with Gasteiger partial charge in [-0.25, -0.2) is 0 Å². The highest BCUT2D eigenvalue weighted by molar-refractivity contribution is 7.17. The summed E-state index contributed by atoms with van der Waals surface area (Å²) < 4.78 is 0. The number of halogens is 1. The second-order valence-electron chi connectivity index (χ2n) is 3.26. The van der Waals surface area contributed by atoms with E-state index in [1.54, 1.807) is 0 Å². The molecule has 0 aliphatic heterocycles. The minimum Gasteiger partial charge on any atom is -0.147 e. The van der Waals surface area contributed by atoms with E-state index in [-0.39, 0.29) is 12.4 Å². The fourth-order valence-electron chi connectivity index (χ4n) is 1.66. The van der Waals surface area contributed by atoms with Gasteiger partial charge in [-0.3, -0.25) is 0 Å². The molecule has 10 heavy (non-hydrogen) atoms. The molecule has 1 aliphatic carbocycles. The highest BCUT2D eigenvalue weighted by atomic mass is 35.5. The minimum absolute atomic E-state index is 0. The summed E-state index contributed by atoms with van der Waals surface area (Å²) in [5.74, 6) is 1.02. The fraction of sp³-hybridized carbons (Fsp3) is 1.00. The molecule has 1 saturated carbocycles. The van der Waals surface area contributed by atoms with Crippen LogP contribution < -0.4 is 0 Å². The molecule has 2 unspecified atom stereocenters. The third kappa shape index (κ3) is 3.21. The van der Waals surface area contributed by atoms with Crippen LogP contribution in [0.3, 0.4) is 0 Å². The lowest BCUT2D eigenvalue weighted by atomic mass is 9.87. The van der Waals surface area contributed by atoms with Crippen LogP contribution in [0.2, 0.25) is 0 Å². The van der Waals surface area contributed by atoms with E-state index in [2.05, 4.69) is 16.2 Å². The van der Waals surface area contributed by atoms with Gasteiger partial charge in [0.1, 0.15) is 0 Å². The zero-order chi connectivity index (χ0) is 6.69. The molecule has 2 atom stereocenters. The Labute approximate surface area is 72.8 Å². The maximum Gasteiger partial charge on any atom is -0.0264 e. The Morgan fingerprint density at radius 3 is 2.00 bits per heavy atom. The fourth-order valence-corrected chi connectivity index (χ4v) is 2.04. The van der Waals surface area contributed by atoms with Crippen LogP contribution in [0.1, 0.15) is 39.0 Å². The first-order valence-corrected chi connectivity index (χ1v) is 4.73. The minimum atomic E-state index is 0. The molecule has 0 N–H and O–H groups in total. The van der Waals surface area contributed by atoms with Gasteiger partial charge in [-0.15, -0.1) is 21.6 Å². The molecule has 0 bridgehead atoms. The molecule has 0 saturated heterocycles. The summed E-state index contributed by atoms with van der Waals surface area (Å²) in [7, 11) is 2.93. The normalized spacial score (nSPS) is 23.4. The quantitative estimate of drug-likeness (QED) is 0.544. The van der Waals surface area contributed by atoms with Gasteiger partial charge in [-0.2, -0.15) is 0 Å². The largest absolute Gasteiger partial charge is 0.147 e. The lowest BCUT2D eigenvalue weighted by Crippen LogP contribution is -2.14. The maximum atomic E-state index is 2.93. The first-order chi connectivity index (χ1) is 4.30. The van der Waals surface area contributed by atoms with Gasteiger partial charge in [-0.05, 0) is 24.4 Å². The Hall–Kier alpha value is 0.720. The van der Waals surface area contributed by atoms with E-state index in [4.69, 9.17) is 0 Å². The van der Waals surface area contributed by atoms with Crippen molar-refractivity contribution in [3.63, 3.8) is 0 Å². The van der Waals surface area contributed by atoms with Crippen LogP contribution in [0.5, 0.6) is 0 Å². The topological polar surface area (TPSA) is 0 Å². The lowest BCUT2D eigenvalue weighted by molar-refractivity contribution is 0.356. The van der Waals surface area contributed by atoms with Crippen molar-refractivity contribution in [2.75, 3.05) is 0 Å². The van der Waals surface area contributed by atoms with E-state index in [0.29, 0.717) is 0 Å². The third-order valence-corrected chi connectivity index (χ3v) is 2.94. The molecular formula is C8H18ClP. The summed E-state index contributed by atoms with van der Waals surface area (Å²) >= 11 is 0. The molecule has 0 amide bonds. The van der Waals surface area contributed by atoms with Crippen molar-refractivity contribution < 1.29 is 0 Å². The standard InChI is InChI=1S/C8H17P.ClH/c1-7(9)8-5-3-2-4-6-8;/h7-8H,2-6,9H2,1H3;1H. The van der Waals surface area contributed by atoms with Crippen molar-refractivity contribution in [1.29, 1.82) is 0 Å². The predicted octanol–water partition coefficient (Wildman–Crippen LogP) is 3.25. The van der Waals surface area contributed by atoms with Gasteiger partial charge in [0.05, 0.1) is 0 Å². The van der Waals surface area contributed by atoms with Crippen LogP contribution in [0.4, 0.5) is 0 Å². The van der Waals surface area contributed by atoms with Crippen molar-refractivity contribution >= 4 is 21.6 Å². The number of hydrogen-bond acceptors (Lipinski definition) is 0. The molecule has 1 fully saturated rings. The van der Waals surface area contributed by atoms with Gasteiger partial charge >= 0.3 is 0 Å². The van der Waals surface area contributed by atoms with E-state index >= 15 is 0 Å². The highest BCUT2D eigenvalue weighted by Gasteiger charge is 2.15. The molecule has 0 radical (unpaired) electrons. The molecule has 0 aromatic carbocycles. The van der Waals surface area contributed by atoms with E-state index in [1.807, 2.05) is 0 Å². The highest BCUT2D eigenvalue weighted by Crippen LogP contribution is 2.29. The van der Waals surface area contributed by atoms with Gasteiger partial charge in [0.25, 0.3) is 0 Å². The monoisotopic (exact) mass is 180 g/mol. The molecule has 0 aromatic rings. The van der Waals surface area contributed by atoms with E-state index in [0.717, 1.165) is 11.6 Å². The Morgan fingerprint density at radius 2 is 1.70 bits per heavy atom. The third-order valence-electron chi connectivity index (χ3n) is 2.39. The first kappa shape index (κ1) is 10.7. The molecule has 1 aliphatic rings. The molecule has 0 heterocycles. The van der Waals surface area contributed by atoms with Crippen molar-refractivity contribution in [2.45, 2.75) is 44.7 Å². The zero-order valence-corrected chi connectivity index (χ0v) is 8.65. The SMILES string of the molecule is CC(P)C1CCCCC1.Cl. The smallest absolute Gasteiger partial charge is 0.0264 e. The Kier molecular flexibility index (Phi) is 5.77. The van der Waals surface area contributed by atoms with Gasteiger partial charge < -0.3 is 0 Å². The number of hydrogen-bond donors (Lipinski definition) is 0. The van der Waals surface area contributed by atoms with Gasteiger partial charge in [-0.1, -0.05) is 26.2 Å². The average Bonchev–Trinajstić information content (AvgIpc) is 1.90. The molecule has 0 nitrogen and oxygen atoms in total. The van der Waals surface area contributed by atoms with Gasteiger partial charge in [0.2, 0.25) is 0 Å². The van der Waals surface area contributed by atoms with Crippen LogP contribution in [0.25, 0.3) is 0 Å². The van der Waals surface area contributed by atoms with Crippen molar-refractivity contribution in [3.05, 3.63) is 0 Å². The second kappa shape index (κ2) is 5.38. The van der Waals surface area contributed by atoms with Crippen molar-refractivity contribution in [2.24, 2.45) is 5.92 Å². The molecule has 62 valence electrons. The van der Waals surface area contributed by atoms with Crippen LogP contribution >= 0.6 is 21.6 Å². The second-order valence-corrected chi connectivity index (χ2v) is 4.31. The summed E-state index contributed by atoms with van der Waals surface area (Å²) in [4.78, 5) is 0. The van der Waals surface area contributed by atoms with Crippen LogP contribution in [-0.2, 0) is 0 Å². The first-order valence-electron chi connectivity index (χ1n) is 4.06. The molecule has 2 heteroatoms. The Morgan fingerprint density at radius 1 is 1.20 bits per heavy atom. The number of rotatable bonds is 1. The zero-order valence-electron chi connectivity index (χ0n) is 6.68. The molecule has 0 spiro atoms. The predicted molar refractivity (Wildman–Crippen MR) is 53.0 cm³/mol. The van der Waals surface area contributed by atoms with Crippen molar-refractivity contribution in [3.8, 4) is 0 Å². The Bertz CT molecular complexity index is 77.3. The van der Waals surface area contributed by atoms with Crippen LogP contribution in [0, 0.1) is 5.92 Å². The maximum absolute atomic E-state index is 2.93. The summed E-state index contributed by atoms with van der Waals surface area (Å²) in [6, 6.07) is 0. The van der Waals surface area contributed by atoms with E-state index < -0.39 is 0 Å². The van der Waals surface area contributed by atoms with E-state index in [1.165, 1.54) is 32.1 Å². The van der Waals surface area contributed by atoms with Crippen LogP contribution in [0.15, 0.2) is 0 Å². The summed E-state index contributed by atoms with van der Waals surface area (Å²) in [5.41, 5.74) is 0.852. The molecular weight excluding hydrogens is 163 g/mol. The molecule has 1 rings (SSSR count). The Balaban J connectivity index is 0.000000810.